The summed E-state index contributed by atoms with van der Waals surface area (Å²) in [4.78, 5) is 0. The van der Waals surface area contributed by atoms with Gasteiger partial charge in [-0.3, -0.25) is 0 Å². The summed E-state index contributed by atoms with van der Waals surface area (Å²) in [5.41, 5.74) is -3.71. The second kappa shape index (κ2) is 4.85. The molecule has 0 fully saturated rings. The van der Waals surface area contributed by atoms with Gasteiger partial charge in [-0.2, -0.15) is 26.3 Å². The third kappa shape index (κ3) is 2.79. The predicted molar refractivity (Wildman–Crippen MR) is 60.7 cm³/mol. The normalized spacial score (nSPS) is 12.5. The van der Waals surface area contributed by atoms with Crippen LogP contribution in [0.15, 0.2) is 42.5 Å². The van der Waals surface area contributed by atoms with Crippen LogP contribution in [0.4, 0.5) is 26.3 Å². The van der Waals surface area contributed by atoms with Gasteiger partial charge >= 0.3 is 12.4 Å². The standard InChI is InChI=1S/C14H7F6/c15-13(16,17)10-7-4-8-11(14(18,19)20)12(10)9-5-2-1-3-6-9/h1-3,5-8H. The van der Waals surface area contributed by atoms with Crippen molar-refractivity contribution in [3.63, 3.8) is 0 Å². The second-order valence-corrected chi connectivity index (χ2v) is 4.02. The van der Waals surface area contributed by atoms with Crippen LogP contribution in [-0.4, -0.2) is 0 Å². The number of alkyl halides is 6. The van der Waals surface area contributed by atoms with E-state index in [1.54, 1.807) is 0 Å². The van der Waals surface area contributed by atoms with Crippen molar-refractivity contribution in [2.75, 3.05) is 0 Å². The van der Waals surface area contributed by atoms with E-state index >= 15 is 0 Å². The van der Waals surface area contributed by atoms with Gasteiger partial charge in [0.15, 0.2) is 0 Å². The SMILES string of the molecule is FC(F)(F)c1c[c]cc(C(F)(F)F)c1-c1ccccc1. The lowest BCUT2D eigenvalue weighted by Crippen LogP contribution is -2.14. The van der Waals surface area contributed by atoms with Crippen molar-refractivity contribution in [2.45, 2.75) is 12.4 Å². The van der Waals surface area contributed by atoms with Gasteiger partial charge < -0.3 is 0 Å². The Kier molecular flexibility index (Phi) is 3.50. The summed E-state index contributed by atoms with van der Waals surface area (Å²) in [5, 5.41) is 0. The van der Waals surface area contributed by atoms with E-state index in [1.165, 1.54) is 30.3 Å². The molecule has 105 valence electrons. The lowest BCUT2D eigenvalue weighted by atomic mass is 9.93. The maximum absolute atomic E-state index is 12.9. The summed E-state index contributed by atoms with van der Waals surface area (Å²) >= 11 is 0. The molecule has 0 aliphatic rings. The van der Waals surface area contributed by atoms with E-state index in [0.29, 0.717) is 12.1 Å². The Morgan fingerprint density at radius 1 is 0.700 bits per heavy atom. The van der Waals surface area contributed by atoms with Crippen molar-refractivity contribution < 1.29 is 26.3 Å². The van der Waals surface area contributed by atoms with E-state index in [0.717, 1.165) is 0 Å². The molecule has 0 N–H and O–H groups in total. The Morgan fingerprint density at radius 3 is 1.55 bits per heavy atom. The van der Waals surface area contributed by atoms with Gasteiger partial charge in [0.2, 0.25) is 0 Å². The summed E-state index contributed by atoms with van der Waals surface area (Å²) in [6.07, 6.45) is -9.77. The predicted octanol–water partition coefficient (Wildman–Crippen LogP) is 5.19. The number of halogens is 6. The quantitative estimate of drug-likeness (QED) is 0.634. The molecule has 2 aromatic carbocycles. The van der Waals surface area contributed by atoms with Crippen LogP contribution in [-0.2, 0) is 12.4 Å². The van der Waals surface area contributed by atoms with Gasteiger partial charge in [-0.15, -0.1) is 0 Å². The van der Waals surface area contributed by atoms with E-state index in [-0.39, 0.29) is 5.56 Å². The minimum Gasteiger partial charge on any atom is -0.166 e. The largest absolute Gasteiger partial charge is 0.417 e. The number of rotatable bonds is 1. The van der Waals surface area contributed by atoms with Gasteiger partial charge in [-0.25, -0.2) is 0 Å². The molecule has 0 bridgehead atoms. The van der Waals surface area contributed by atoms with Gasteiger partial charge in [-0.05, 0) is 23.8 Å². The second-order valence-electron chi connectivity index (χ2n) is 4.02. The number of hydrogen-bond acceptors (Lipinski definition) is 0. The fourth-order valence-corrected chi connectivity index (χ4v) is 1.86. The van der Waals surface area contributed by atoms with Crippen molar-refractivity contribution in [1.82, 2.24) is 0 Å². The van der Waals surface area contributed by atoms with E-state index in [4.69, 9.17) is 0 Å². The molecule has 0 atom stereocenters. The molecular weight excluding hydrogens is 282 g/mol. The topological polar surface area (TPSA) is 0 Å². The molecule has 0 saturated heterocycles. The fourth-order valence-electron chi connectivity index (χ4n) is 1.86. The summed E-state index contributed by atoms with van der Waals surface area (Å²) < 4.78 is 77.5. The third-order valence-corrected chi connectivity index (χ3v) is 2.67. The minimum atomic E-state index is -4.89. The monoisotopic (exact) mass is 289 g/mol. The summed E-state index contributed by atoms with van der Waals surface area (Å²) in [5.74, 6) is 0. The van der Waals surface area contributed by atoms with Gasteiger partial charge in [0.05, 0.1) is 11.1 Å². The van der Waals surface area contributed by atoms with Crippen LogP contribution < -0.4 is 0 Å². The van der Waals surface area contributed by atoms with Gasteiger partial charge in [0, 0.05) is 5.56 Å². The van der Waals surface area contributed by atoms with Crippen molar-refractivity contribution in [3.05, 3.63) is 59.7 Å². The van der Waals surface area contributed by atoms with Crippen LogP contribution >= 0.6 is 0 Å². The highest BCUT2D eigenvalue weighted by molar-refractivity contribution is 5.72. The van der Waals surface area contributed by atoms with Crippen molar-refractivity contribution in [3.8, 4) is 11.1 Å². The number of hydrogen-bond donors (Lipinski definition) is 0. The highest BCUT2D eigenvalue weighted by Crippen LogP contribution is 2.44. The molecule has 20 heavy (non-hydrogen) atoms. The first kappa shape index (κ1) is 14.4. The van der Waals surface area contributed by atoms with Crippen LogP contribution in [0.25, 0.3) is 11.1 Å². The average molecular weight is 289 g/mol. The van der Waals surface area contributed by atoms with Crippen molar-refractivity contribution in [2.24, 2.45) is 0 Å². The Labute approximate surface area is 110 Å². The van der Waals surface area contributed by atoms with Gasteiger partial charge in [0.25, 0.3) is 0 Å². The van der Waals surface area contributed by atoms with Gasteiger partial charge in [0.1, 0.15) is 0 Å². The maximum atomic E-state index is 12.9. The van der Waals surface area contributed by atoms with Crippen LogP contribution in [0.5, 0.6) is 0 Å². The van der Waals surface area contributed by atoms with Crippen LogP contribution in [0.1, 0.15) is 11.1 Å². The first-order valence-corrected chi connectivity index (χ1v) is 5.45. The molecule has 2 rings (SSSR count). The first-order valence-electron chi connectivity index (χ1n) is 5.45. The third-order valence-electron chi connectivity index (χ3n) is 2.67. The smallest absolute Gasteiger partial charge is 0.166 e. The molecule has 1 radical (unpaired) electrons. The summed E-state index contributed by atoms with van der Waals surface area (Å²) in [6.45, 7) is 0. The van der Waals surface area contributed by atoms with Crippen molar-refractivity contribution >= 4 is 0 Å². The summed E-state index contributed by atoms with van der Waals surface area (Å²) in [6, 6.07) is 9.66. The molecule has 0 saturated carbocycles. The molecule has 0 aromatic heterocycles. The Balaban J connectivity index is 2.80. The zero-order chi connectivity index (χ0) is 15.0. The van der Waals surface area contributed by atoms with E-state index in [9.17, 15) is 26.3 Å². The minimum absolute atomic E-state index is 0.138. The maximum Gasteiger partial charge on any atom is 0.417 e. The molecule has 0 heterocycles. The molecule has 0 spiro atoms. The average Bonchev–Trinajstić information content (AvgIpc) is 2.37. The first-order chi connectivity index (χ1) is 9.21. The van der Waals surface area contributed by atoms with E-state index in [1.807, 2.05) is 6.07 Å². The lowest BCUT2D eigenvalue weighted by Gasteiger charge is -2.18. The van der Waals surface area contributed by atoms with Crippen LogP contribution in [0.3, 0.4) is 0 Å². The van der Waals surface area contributed by atoms with E-state index < -0.39 is 29.0 Å². The Morgan fingerprint density at radius 2 is 1.15 bits per heavy atom. The Bertz CT molecular complexity index is 563. The van der Waals surface area contributed by atoms with Crippen molar-refractivity contribution in [1.29, 1.82) is 0 Å². The molecule has 0 aliphatic heterocycles. The Hall–Kier alpha value is -1.98. The fraction of sp³-hybridized carbons (Fsp3) is 0.143. The zero-order valence-electron chi connectivity index (χ0n) is 9.81. The zero-order valence-corrected chi connectivity index (χ0v) is 9.81. The van der Waals surface area contributed by atoms with Crippen LogP contribution in [0, 0.1) is 6.07 Å². The highest BCUT2D eigenvalue weighted by atomic mass is 19.4. The molecule has 0 aliphatic carbocycles. The van der Waals surface area contributed by atoms with E-state index in [2.05, 4.69) is 0 Å². The molecule has 0 amide bonds. The molecule has 0 nitrogen and oxygen atoms in total. The molecular formula is C14H7F6. The number of benzene rings is 2. The highest BCUT2D eigenvalue weighted by Gasteiger charge is 2.40. The summed E-state index contributed by atoms with van der Waals surface area (Å²) in [7, 11) is 0. The molecule has 0 unspecified atom stereocenters. The van der Waals surface area contributed by atoms with Crippen LogP contribution in [0.2, 0.25) is 0 Å². The van der Waals surface area contributed by atoms with Gasteiger partial charge in [-0.1, -0.05) is 30.3 Å². The lowest BCUT2D eigenvalue weighted by molar-refractivity contribution is -0.142. The molecule has 6 heteroatoms. The molecule has 2 aromatic rings.